The maximum Gasteiger partial charge on any atom is 0.254 e. The number of halogens is 3. The maximum absolute atomic E-state index is 13.4. The Morgan fingerprint density at radius 2 is 1.87 bits per heavy atom. The van der Waals surface area contributed by atoms with Crippen LogP contribution in [-0.2, 0) is 4.79 Å². The van der Waals surface area contributed by atoms with Gasteiger partial charge in [0.1, 0.15) is 11.6 Å². The van der Waals surface area contributed by atoms with E-state index in [0.717, 1.165) is 12.1 Å². The molecule has 0 fully saturated rings. The average Bonchev–Trinajstić information content (AvgIpc) is 2.40. The molecule has 0 bridgehead atoms. The van der Waals surface area contributed by atoms with Crippen LogP contribution in [0.3, 0.4) is 0 Å². The molecule has 1 aromatic carbocycles. The van der Waals surface area contributed by atoms with Gasteiger partial charge in [-0.2, -0.15) is 0 Å². The third-order valence-electron chi connectivity index (χ3n) is 2.78. The van der Waals surface area contributed by atoms with Crippen molar-refractivity contribution in [1.29, 1.82) is 0 Å². The molecule has 0 aliphatic carbocycles. The van der Waals surface area contributed by atoms with Gasteiger partial charge in [-0.3, -0.25) is 9.59 Å². The molecule has 0 radical (unpaired) electrons. The third kappa shape index (κ3) is 8.47. The highest BCUT2D eigenvalue weighted by atomic mass is 35.5. The molecule has 0 atom stereocenters. The van der Waals surface area contributed by atoms with Crippen LogP contribution in [0.25, 0.3) is 0 Å². The Balaban J connectivity index is 0.00000484. The first-order chi connectivity index (χ1) is 10.2. The predicted octanol–water partition coefficient (Wildman–Crippen LogP) is 1.75. The quantitative estimate of drug-likeness (QED) is 0.656. The topological polar surface area (TPSA) is 84.2 Å². The van der Waals surface area contributed by atoms with E-state index in [2.05, 4.69) is 10.6 Å². The molecule has 23 heavy (non-hydrogen) atoms. The molecule has 0 saturated carbocycles. The normalized spacial score (nSPS) is 10.7. The average molecular weight is 350 g/mol. The Hall–Kier alpha value is -1.73. The maximum atomic E-state index is 13.4. The van der Waals surface area contributed by atoms with Gasteiger partial charge in [-0.15, -0.1) is 12.4 Å². The number of carbonyl (C=O) groups excluding carboxylic acids is 2. The van der Waals surface area contributed by atoms with Crippen molar-refractivity contribution in [2.24, 2.45) is 5.73 Å². The van der Waals surface area contributed by atoms with Gasteiger partial charge in [0.05, 0.1) is 5.56 Å². The molecular formula is C15H22ClF2N3O2. The van der Waals surface area contributed by atoms with Gasteiger partial charge < -0.3 is 16.4 Å². The van der Waals surface area contributed by atoms with Crippen LogP contribution in [0.5, 0.6) is 0 Å². The zero-order chi connectivity index (χ0) is 16.8. The summed E-state index contributed by atoms with van der Waals surface area (Å²) in [4.78, 5) is 23.2. The molecule has 0 aliphatic heterocycles. The number of hydrogen-bond donors (Lipinski definition) is 3. The van der Waals surface area contributed by atoms with Gasteiger partial charge >= 0.3 is 0 Å². The third-order valence-corrected chi connectivity index (χ3v) is 2.78. The minimum Gasteiger partial charge on any atom is -0.354 e. The van der Waals surface area contributed by atoms with Gasteiger partial charge in [0.25, 0.3) is 5.91 Å². The molecule has 8 heteroatoms. The standard InChI is InChI=1S/C15H21F2N3O2.ClH/c1-15(2,18)9-20-13(21)4-3-7-19-14(22)11-6-5-10(16)8-12(11)17;/h5-6,8H,3-4,7,9,18H2,1-2H3,(H,19,22)(H,20,21);1H. The van der Waals surface area contributed by atoms with Crippen molar-refractivity contribution in [2.75, 3.05) is 13.1 Å². The van der Waals surface area contributed by atoms with E-state index in [1.165, 1.54) is 0 Å². The molecule has 0 unspecified atom stereocenters. The van der Waals surface area contributed by atoms with Crippen molar-refractivity contribution in [3.05, 3.63) is 35.4 Å². The number of amides is 2. The lowest BCUT2D eigenvalue weighted by Crippen LogP contribution is -2.45. The summed E-state index contributed by atoms with van der Waals surface area (Å²) in [5.41, 5.74) is 5.03. The largest absolute Gasteiger partial charge is 0.354 e. The van der Waals surface area contributed by atoms with Crippen LogP contribution in [0.1, 0.15) is 37.0 Å². The van der Waals surface area contributed by atoms with Crippen molar-refractivity contribution in [1.82, 2.24) is 10.6 Å². The van der Waals surface area contributed by atoms with Crippen LogP contribution in [0, 0.1) is 11.6 Å². The first-order valence-corrected chi connectivity index (χ1v) is 6.98. The molecule has 5 nitrogen and oxygen atoms in total. The Kier molecular flexibility index (Phi) is 8.71. The first kappa shape index (κ1) is 21.3. The molecule has 130 valence electrons. The van der Waals surface area contributed by atoms with E-state index in [-0.39, 0.29) is 36.8 Å². The monoisotopic (exact) mass is 349 g/mol. The van der Waals surface area contributed by atoms with Crippen LogP contribution in [-0.4, -0.2) is 30.4 Å². The van der Waals surface area contributed by atoms with Crippen LogP contribution in [0.15, 0.2) is 18.2 Å². The molecule has 0 spiro atoms. The fourth-order valence-corrected chi connectivity index (χ4v) is 1.63. The van der Waals surface area contributed by atoms with E-state index in [0.29, 0.717) is 19.0 Å². The highest BCUT2D eigenvalue weighted by molar-refractivity contribution is 5.94. The molecule has 0 aliphatic rings. The molecule has 1 aromatic rings. The number of carbonyl (C=O) groups is 2. The van der Waals surface area contributed by atoms with Crippen molar-refractivity contribution in [2.45, 2.75) is 32.2 Å². The van der Waals surface area contributed by atoms with Gasteiger partial charge in [0.15, 0.2) is 0 Å². The number of rotatable bonds is 7. The summed E-state index contributed by atoms with van der Waals surface area (Å²) in [5, 5.41) is 5.16. The molecule has 0 aromatic heterocycles. The molecular weight excluding hydrogens is 328 g/mol. The van der Waals surface area contributed by atoms with Crippen molar-refractivity contribution >= 4 is 24.2 Å². The van der Waals surface area contributed by atoms with Crippen LogP contribution in [0.2, 0.25) is 0 Å². The molecule has 1 rings (SSSR count). The Labute approximate surface area is 140 Å². The highest BCUT2D eigenvalue weighted by Gasteiger charge is 2.13. The number of hydrogen-bond acceptors (Lipinski definition) is 3. The molecule has 0 heterocycles. The summed E-state index contributed by atoms with van der Waals surface area (Å²) >= 11 is 0. The zero-order valence-electron chi connectivity index (χ0n) is 13.1. The second kappa shape index (κ2) is 9.42. The predicted molar refractivity (Wildman–Crippen MR) is 86.4 cm³/mol. The van der Waals surface area contributed by atoms with Gasteiger partial charge in [0.2, 0.25) is 5.91 Å². The second-order valence-electron chi connectivity index (χ2n) is 5.75. The first-order valence-electron chi connectivity index (χ1n) is 6.98. The summed E-state index contributed by atoms with van der Waals surface area (Å²) in [6, 6.07) is 2.74. The minimum atomic E-state index is -0.916. The van der Waals surface area contributed by atoms with Crippen LogP contribution >= 0.6 is 12.4 Å². The Bertz CT molecular complexity index is 548. The minimum absolute atomic E-state index is 0. The molecule has 4 N–H and O–H groups in total. The van der Waals surface area contributed by atoms with Gasteiger partial charge in [0, 0.05) is 31.1 Å². The highest BCUT2D eigenvalue weighted by Crippen LogP contribution is 2.09. The Morgan fingerprint density at radius 1 is 1.22 bits per heavy atom. The SMILES string of the molecule is CC(C)(N)CNC(=O)CCCNC(=O)c1ccc(F)cc1F.Cl. The van der Waals surface area contributed by atoms with E-state index < -0.39 is 23.1 Å². The second-order valence-corrected chi connectivity index (χ2v) is 5.75. The smallest absolute Gasteiger partial charge is 0.254 e. The fourth-order valence-electron chi connectivity index (χ4n) is 1.63. The van der Waals surface area contributed by atoms with Crippen molar-refractivity contribution in [3.8, 4) is 0 Å². The summed E-state index contributed by atoms with van der Waals surface area (Å²) in [5.74, 6) is -2.46. The van der Waals surface area contributed by atoms with Crippen molar-refractivity contribution in [3.63, 3.8) is 0 Å². The lowest BCUT2D eigenvalue weighted by Gasteiger charge is -2.18. The van der Waals surface area contributed by atoms with E-state index >= 15 is 0 Å². The van der Waals surface area contributed by atoms with Gasteiger partial charge in [-0.25, -0.2) is 8.78 Å². The summed E-state index contributed by atoms with van der Waals surface area (Å²) in [6.45, 7) is 4.17. The van der Waals surface area contributed by atoms with Crippen LogP contribution < -0.4 is 16.4 Å². The van der Waals surface area contributed by atoms with E-state index in [1.807, 2.05) is 0 Å². The zero-order valence-corrected chi connectivity index (χ0v) is 13.9. The lowest BCUT2D eigenvalue weighted by molar-refractivity contribution is -0.121. The lowest BCUT2D eigenvalue weighted by atomic mass is 10.1. The molecule has 0 saturated heterocycles. The summed E-state index contributed by atoms with van der Waals surface area (Å²) in [7, 11) is 0. The molecule has 2 amide bonds. The van der Waals surface area contributed by atoms with Crippen LogP contribution in [0.4, 0.5) is 8.78 Å². The fraction of sp³-hybridized carbons (Fsp3) is 0.467. The number of benzene rings is 1. The van der Waals surface area contributed by atoms with E-state index in [9.17, 15) is 18.4 Å². The summed E-state index contributed by atoms with van der Waals surface area (Å²) in [6.07, 6.45) is 0.633. The van der Waals surface area contributed by atoms with Gasteiger partial charge in [-0.05, 0) is 32.4 Å². The number of nitrogens with one attached hydrogen (secondary N) is 2. The number of nitrogens with two attached hydrogens (primary N) is 1. The van der Waals surface area contributed by atoms with Gasteiger partial charge in [-0.1, -0.05) is 0 Å². The van der Waals surface area contributed by atoms with E-state index in [4.69, 9.17) is 5.73 Å². The Morgan fingerprint density at radius 3 is 2.43 bits per heavy atom. The van der Waals surface area contributed by atoms with Crippen molar-refractivity contribution < 1.29 is 18.4 Å². The summed E-state index contributed by atoms with van der Waals surface area (Å²) < 4.78 is 26.1. The van der Waals surface area contributed by atoms with E-state index in [1.54, 1.807) is 13.8 Å².